The zero-order chi connectivity index (χ0) is 22.1. The van der Waals surface area contributed by atoms with E-state index in [1.54, 1.807) is 0 Å². The van der Waals surface area contributed by atoms with E-state index in [-0.39, 0.29) is 35.3 Å². The summed E-state index contributed by atoms with van der Waals surface area (Å²) in [6.45, 7) is 2.08. The number of hydrogen-bond acceptors (Lipinski definition) is 6. The Morgan fingerprint density at radius 2 is 1.61 bits per heavy atom. The molecule has 1 amide bonds. The highest BCUT2D eigenvalue weighted by Gasteiger charge is 2.36. The first-order valence-corrected chi connectivity index (χ1v) is 13.3. The van der Waals surface area contributed by atoms with Crippen LogP contribution in [-0.2, 0) is 24.8 Å². The van der Waals surface area contributed by atoms with Crippen molar-refractivity contribution in [1.82, 2.24) is 9.62 Å². The van der Waals surface area contributed by atoms with Crippen LogP contribution in [0.15, 0.2) is 59.5 Å². The van der Waals surface area contributed by atoms with Crippen LogP contribution in [0.5, 0.6) is 0 Å². The van der Waals surface area contributed by atoms with Gasteiger partial charge < -0.3 is 0 Å². The molecule has 8 nitrogen and oxygen atoms in total. The molecule has 0 saturated carbocycles. The second-order valence-corrected chi connectivity index (χ2v) is 11.4. The molecule has 0 bridgehead atoms. The van der Waals surface area contributed by atoms with Crippen LogP contribution in [0.2, 0.25) is 0 Å². The molecule has 0 spiro atoms. The highest BCUT2D eigenvalue weighted by Crippen LogP contribution is 2.27. The summed E-state index contributed by atoms with van der Waals surface area (Å²) < 4.78 is 53.3. The molecule has 0 radical (unpaired) electrons. The fourth-order valence-electron chi connectivity index (χ4n) is 4.09. The molecule has 2 aliphatic rings. The van der Waals surface area contributed by atoms with E-state index >= 15 is 0 Å². The van der Waals surface area contributed by atoms with Crippen molar-refractivity contribution in [3.63, 3.8) is 0 Å². The minimum absolute atomic E-state index is 0.0218. The first-order valence-electron chi connectivity index (χ1n) is 10.2. The van der Waals surface area contributed by atoms with Crippen molar-refractivity contribution in [3.8, 4) is 0 Å². The van der Waals surface area contributed by atoms with Crippen molar-refractivity contribution in [2.75, 3.05) is 29.7 Å². The molecule has 4 rings (SSSR count). The van der Waals surface area contributed by atoms with Gasteiger partial charge in [-0.3, -0.25) is 9.69 Å². The van der Waals surface area contributed by atoms with Gasteiger partial charge in [-0.1, -0.05) is 30.3 Å². The molecule has 1 atom stereocenters. The summed E-state index contributed by atoms with van der Waals surface area (Å²) in [6.07, 6.45) is 2.12. The Morgan fingerprint density at radius 1 is 0.968 bits per heavy atom. The lowest BCUT2D eigenvalue weighted by molar-refractivity contribution is -0.116. The maximum absolute atomic E-state index is 12.9. The molecule has 2 fully saturated rings. The normalized spacial score (nSPS) is 20.3. The number of carbonyl (C=O) groups excluding carboxylic acids is 1. The van der Waals surface area contributed by atoms with E-state index in [1.807, 2.05) is 30.3 Å². The molecule has 0 aromatic heterocycles. The molecule has 1 N–H and O–H groups in total. The van der Waals surface area contributed by atoms with Crippen molar-refractivity contribution in [2.24, 2.45) is 0 Å². The van der Waals surface area contributed by atoms with Crippen molar-refractivity contribution < 1.29 is 21.6 Å². The van der Waals surface area contributed by atoms with Gasteiger partial charge in [0.2, 0.25) is 26.0 Å². The first-order chi connectivity index (χ1) is 14.8. The second kappa shape index (κ2) is 8.70. The molecule has 2 aromatic rings. The first kappa shape index (κ1) is 21.9. The number of rotatable bonds is 7. The van der Waals surface area contributed by atoms with Gasteiger partial charge in [0.25, 0.3) is 0 Å². The Bertz CT molecular complexity index is 1140. The van der Waals surface area contributed by atoms with Gasteiger partial charge in [0, 0.05) is 19.0 Å². The molecule has 2 aliphatic heterocycles. The van der Waals surface area contributed by atoms with Crippen LogP contribution in [0.1, 0.15) is 30.9 Å². The quantitative estimate of drug-likeness (QED) is 0.672. The molecule has 31 heavy (non-hydrogen) atoms. The van der Waals surface area contributed by atoms with Crippen molar-refractivity contribution in [2.45, 2.75) is 30.2 Å². The van der Waals surface area contributed by atoms with Gasteiger partial charge in [-0.05, 0) is 55.8 Å². The number of nitrogens with one attached hydrogen (secondary N) is 1. The third-order valence-corrected chi connectivity index (χ3v) is 8.82. The number of nitrogens with zero attached hydrogens (tertiary/aromatic N) is 2. The van der Waals surface area contributed by atoms with Gasteiger partial charge in [0.15, 0.2) is 0 Å². The predicted octanol–water partition coefficient (Wildman–Crippen LogP) is 1.87. The van der Waals surface area contributed by atoms with Gasteiger partial charge in [-0.15, -0.1) is 0 Å². The van der Waals surface area contributed by atoms with E-state index in [0.29, 0.717) is 0 Å². The number of sulfonamides is 2. The number of anilines is 1. The van der Waals surface area contributed by atoms with E-state index in [9.17, 15) is 21.6 Å². The summed E-state index contributed by atoms with van der Waals surface area (Å²) >= 11 is 0. The monoisotopic (exact) mass is 463 g/mol. The molecular formula is C21H25N3O5S2. The zero-order valence-electron chi connectivity index (χ0n) is 17.0. The Morgan fingerprint density at radius 3 is 2.19 bits per heavy atom. The van der Waals surface area contributed by atoms with Crippen LogP contribution in [0.4, 0.5) is 5.69 Å². The average Bonchev–Trinajstić information content (AvgIpc) is 3.37. The summed E-state index contributed by atoms with van der Waals surface area (Å²) in [5.41, 5.74) is 1.21. The number of likely N-dealkylation sites (tertiary alicyclic amines) is 1. The van der Waals surface area contributed by atoms with Gasteiger partial charge in [-0.2, -0.15) is 0 Å². The van der Waals surface area contributed by atoms with E-state index in [1.165, 1.54) is 24.3 Å². The van der Waals surface area contributed by atoms with Gasteiger partial charge in [-0.25, -0.2) is 25.9 Å². The van der Waals surface area contributed by atoms with Crippen molar-refractivity contribution >= 4 is 31.6 Å². The maximum Gasteiger partial charge on any atom is 0.242 e. The fourth-order valence-corrected chi connectivity index (χ4v) is 6.59. The SMILES string of the molecule is O=C1CCS(=O)(=O)N1c1ccc(S(=O)(=O)NCC(c2ccccc2)N2CCCC2)cc1. The summed E-state index contributed by atoms with van der Waals surface area (Å²) in [5.74, 6) is -0.741. The standard InChI is InChI=1S/C21H25N3O5S2/c25-21-12-15-30(26,27)24(21)18-8-10-19(11-9-18)31(28,29)22-16-20(23-13-4-5-14-23)17-6-2-1-3-7-17/h1-3,6-11,20,22H,4-5,12-16H2. The van der Waals surface area contributed by atoms with E-state index in [0.717, 1.165) is 35.8 Å². The number of hydrogen-bond donors (Lipinski definition) is 1. The molecule has 10 heteroatoms. The highest BCUT2D eigenvalue weighted by atomic mass is 32.2. The highest BCUT2D eigenvalue weighted by molar-refractivity contribution is 7.94. The van der Waals surface area contributed by atoms with E-state index in [2.05, 4.69) is 9.62 Å². The van der Waals surface area contributed by atoms with Crippen LogP contribution >= 0.6 is 0 Å². The lowest BCUT2D eigenvalue weighted by Gasteiger charge is -2.28. The number of benzene rings is 2. The third-order valence-electron chi connectivity index (χ3n) is 5.69. The molecule has 2 saturated heterocycles. The number of carbonyl (C=O) groups is 1. The largest absolute Gasteiger partial charge is 0.295 e. The minimum atomic E-state index is -3.81. The smallest absolute Gasteiger partial charge is 0.242 e. The van der Waals surface area contributed by atoms with Crippen LogP contribution in [0, 0.1) is 0 Å². The predicted molar refractivity (Wildman–Crippen MR) is 118 cm³/mol. The molecule has 2 heterocycles. The minimum Gasteiger partial charge on any atom is -0.295 e. The zero-order valence-corrected chi connectivity index (χ0v) is 18.6. The van der Waals surface area contributed by atoms with Crippen LogP contribution in [-0.4, -0.2) is 53.0 Å². The Kier molecular flexibility index (Phi) is 6.16. The topological polar surface area (TPSA) is 104 Å². The Balaban J connectivity index is 1.51. The average molecular weight is 464 g/mol. The van der Waals surface area contributed by atoms with E-state index in [4.69, 9.17) is 0 Å². The van der Waals surface area contributed by atoms with Gasteiger partial charge in [0.1, 0.15) is 0 Å². The van der Waals surface area contributed by atoms with Gasteiger partial charge in [0.05, 0.1) is 16.3 Å². The third kappa shape index (κ3) is 4.67. The Labute approximate surface area is 183 Å². The molecule has 1 unspecified atom stereocenters. The molecule has 0 aliphatic carbocycles. The van der Waals surface area contributed by atoms with E-state index < -0.39 is 26.0 Å². The lowest BCUT2D eigenvalue weighted by Crippen LogP contribution is -2.36. The number of amides is 1. The molecule has 166 valence electrons. The van der Waals surface area contributed by atoms with Gasteiger partial charge >= 0.3 is 0 Å². The van der Waals surface area contributed by atoms with Crippen LogP contribution in [0.25, 0.3) is 0 Å². The maximum atomic E-state index is 12.9. The lowest BCUT2D eigenvalue weighted by atomic mass is 10.1. The summed E-state index contributed by atoms with van der Waals surface area (Å²) in [6, 6.07) is 15.1. The summed E-state index contributed by atoms with van der Waals surface area (Å²) in [5, 5.41) is 0. The molecule has 2 aromatic carbocycles. The Hall–Kier alpha value is -2.27. The van der Waals surface area contributed by atoms with Crippen LogP contribution in [0.3, 0.4) is 0 Å². The molecular weight excluding hydrogens is 438 g/mol. The van der Waals surface area contributed by atoms with Crippen molar-refractivity contribution in [1.29, 1.82) is 0 Å². The van der Waals surface area contributed by atoms with Crippen molar-refractivity contribution in [3.05, 3.63) is 60.2 Å². The fraction of sp³-hybridized carbons (Fsp3) is 0.381. The summed E-state index contributed by atoms with van der Waals surface area (Å²) in [4.78, 5) is 14.2. The summed E-state index contributed by atoms with van der Waals surface area (Å²) in [7, 11) is -7.49. The second-order valence-electron chi connectivity index (χ2n) is 7.74. The van der Waals surface area contributed by atoms with Crippen LogP contribution < -0.4 is 9.03 Å².